The van der Waals surface area contributed by atoms with Gasteiger partial charge in [-0.05, 0) is 61.9 Å². The number of anilines is 1. The lowest BCUT2D eigenvalue weighted by atomic mass is 10.1. The molecule has 152 valence electrons. The first-order chi connectivity index (χ1) is 13.9. The molecule has 0 aliphatic heterocycles. The van der Waals surface area contributed by atoms with Gasteiger partial charge in [0.25, 0.3) is 0 Å². The Morgan fingerprint density at radius 1 is 1.14 bits per heavy atom. The van der Waals surface area contributed by atoms with Gasteiger partial charge >= 0.3 is 0 Å². The Balaban J connectivity index is 1.60. The molecule has 2 N–H and O–H groups in total. The monoisotopic (exact) mass is 413 g/mol. The predicted octanol–water partition coefficient (Wildman–Crippen LogP) is 3.25. The van der Waals surface area contributed by atoms with Gasteiger partial charge in [0.05, 0.1) is 22.7 Å². The van der Waals surface area contributed by atoms with E-state index >= 15 is 0 Å². The van der Waals surface area contributed by atoms with Crippen LogP contribution in [0.15, 0.2) is 59.6 Å². The number of pyridine rings is 1. The zero-order valence-electron chi connectivity index (χ0n) is 16.3. The van der Waals surface area contributed by atoms with Gasteiger partial charge in [-0.3, -0.25) is 9.78 Å². The molecule has 0 unspecified atom stereocenters. The van der Waals surface area contributed by atoms with Crippen molar-refractivity contribution >= 4 is 32.5 Å². The summed E-state index contributed by atoms with van der Waals surface area (Å²) >= 11 is 0. The quantitative estimate of drug-likeness (QED) is 0.591. The first-order valence-corrected chi connectivity index (χ1v) is 10.7. The molecule has 1 amide bonds. The Morgan fingerprint density at radius 2 is 1.90 bits per heavy atom. The van der Waals surface area contributed by atoms with E-state index in [1.165, 1.54) is 12.1 Å². The highest BCUT2D eigenvalue weighted by molar-refractivity contribution is 7.89. The second-order valence-corrected chi connectivity index (χ2v) is 8.25. The Kier molecular flexibility index (Phi) is 6.46. The highest BCUT2D eigenvalue weighted by atomic mass is 32.2. The lowest BCUT2D eigenvalue weighted by Crippen LogP contribution is -2.27. The molecule has 0 fully saturated rings. The van der Waals surface area contributed by atoms with Crippen LogP contribution in [0.1, 0.15) is 18.9 Å². The largest absolute Gasteiger partial charge is 0.494 e. The average Bonchev–Trinajstić information content (AvgIpc) is 2.68. The van der Waals surface area contributed by atoms with E-state index in [4.69, 9.17) is 4.74 Å². The minimum absolute atomic E-state index is 0.00146. The maximum Gasteiger partial charge on any atom is 0.240 e. The number of sulfonamides is 1. The molecule has 0 radical (unpaired) electrons. The molecule has 0 saturated heterocycles. The van der Waals surface area contributed by atoms with Gasteiger partial charge in [0.1, 0.15) is 5.75 Å². The molecule has 0 aliphatic carbocycles. The van der Waals surface area contributed by atoms with E-state index in [9.17, 15) is 13.2 Å². The minimum atomic E-state index is -3.70. The Bertz CT molecular complexity index is 1110. The summed E-state index contributed by atoms with van der Waals surface area (Å²) in [4.78, 5) is 16.8. The molecular formula is C21H23N3O4S. The summed E-state index contributed by atoms with van der Waals surface area (Å²) in [6.45, 7) is 4.28. The van der Waals surface area contributed by atoms with Crippen molar-refractivity contribution in [1.29, 1.82) is 0 Å². The number of aryl methyl sites for hydroxylation is 1. The van der Waals surface area contributed by atoms with Crippen molar-refractivity contribution < 1.29 is 17.9 Å². The van der Waals surface area contributed by atoms with E-state index in [2.05, 4.69) is 15.0 Å². The molecule has 7 nitrogen and oxygen atoms in total. The molecule has 1 aromatic heterocycles. The number of aromatic nitrogens is 1. The van der Waals surface area contributed by atoms with Crippen molar-refractivity contribution in [3.8, 4) is 5.75 Å². The van der Waals surface area contributed by atoms with Crippen molar-refractivity contribution in [3.63, 3.8) is 0 Å². The third-order valence-corrected chi connectivity index (χ3v) is 5.69. The van der Waals surface area contributed by atoms with Gasteiger partial charge in [-0.1, -0.05) is 6.07 Å². The van der Waals surface area contributed by atoms with E-state index in [1.54, 1.807) is 18.3 Å². The third kappa shape index (κ3) is 5.30. The molecule has 0 spiro atoms. The third-order valence-electron chi connectivity index (χ3n) is 4.21. The molecule has 0 aliphatic rings. The summed E-state index contributed by atoms with van der Waals surface area (Å²) in [5.74, 6) is 0.307. The van der Waals surface area contributed by atoms with Gasteiger partial charge in [0.15, 0.2) is 0 Å². The highest BCUT2D eigenvalue weighted by Gasteiger charge is 2.15. The van der Waals surface area contributed by atoms with Crippen molar-refractivity contribution in [2.45, 2.75) is 25.2 Å². The highest BCUT2D eigenvalue weighted by Crippen LogP contribution is 2.23. The van der Waals surface area contributed by atoms with E-state index in [1.807, 2.05) is 38.1 Å². The number of hydrogen-bond acceptors (Lipinski definition) is 5. The number of fused-ring (bicyclic) bond motifs is 1. The van der Waals surface area contributed by atoms with Gasteiger partial charge in [-0.2, -0.15) is 0 Å². The Morgan fingerprint density at radius 3 is 2.62 bits per heavy atom. The molecule has 8 heteroatoms. The van der Waals surface area contributed by atoms with Gasteiger partial charge in [0.2, 0.25) is 15.9 Å². The van der Waals surface area contributed by atoms with Crippen LogP contribution in [0.3, 0.4) is 0 Å². The zero-order valence-corrected chi connectivity index (χ0v) is 17.1. The number of carbonyl (C=O) groups excluding carboxylic acids is 1. The summed E-state index contributed by atoms with van der Waals surface area (Å²) in [6.07, 6.45) is 1.66. The molecular weight excluding hydrogens is 390 g/mol. The van der Waals surface area contributed by atoms with E-state index in [0.717, 1.165) is 10.9 Å². The van der Waals surface area contributed by atoms with Crippen LogP contribution in [0.5, 0.6) is 5.75 Å². The van der Waals surface area contributed by atoms with Gasteiger partial charge in [-0.25, -0.2) is 13.1 Å². The number of hydrogen-bond donors (Lipinski definition) is 2. The van der Waals surface area contributed by atoms with Gasteiger partial charge < -0.3 is 10.1 Å². The van der Waals surface area contributed by atoms with E-state index < -0.39 is 10.0 Å². The second kappa shape index (κ2) is 9.02. The van der Waals surface area contributed by atoms with Crippen molar-refractivity contribution in [1.82, 2.24) is 9.71 Å². The average molecular weight is 413 g/mol. The molecule has 29 heavy (non-hydrogen) atoms. The molecule has 0 bridgehead atoms. The first kappa shape index (κ1) is 20.8. The molecule has 0 atom stereocenters. The van der Waals surface area contributed by atoms with E-state index in [-0.39, 0.29) is 23.8 Å². The summed E-state index contributed by atoms with van der Waals surface area (Å²) in [5.41, 5.74) is 2.30. The SMILES string of the molecule is CCOc1ccc(S(=O)(=O)NCCC(=O)Nc2cc(C)cc3cccnc23)cc1. The lowest BCUT2D eigenvalue weighted by molar-refractivity contribution is -0.116. The predicted molar refractivity (Wildman–Crippen MR) is 113 cm³/mol. The number of nitrogens with zero attached hydrogens (tertiary/aromatic N) is 1. The van der Waals surface area contributed by atoms with Crippen molar-refractivity contribution in [3.05, 3.63) is 60.3 Å². The molecule has 1 heterocycles. The zero-order chi connectivity index (χ0) is 20.9. The summed E-state index contributed by atoms with van der Waals surface area (Å²) < 4.78 is 32.5. The van der Waals surface area contributed by atoms with Crippen LogP contribution in [0.4, 0.5) is 5.69 Å². The number of nitrogens with one attached hydrogen (secondary N) is 2. The summed E-state index contributed by atoms with van der Waals surface area (Å²) in [7, 11) is -3.70. The molecule has 3 rings (SSSR count). The summed E-state index contributed by atoms with van der Waals surface area (Å²) in [5, 5.41) is 3.75. The van der Waals surface area contributed by atoms with Crippen LogP contribution in [0, 0.1) is 6.92 Å². The number of amides is 1. The molecule has 0 saturated carbocycles. The fourth-order valence-corrected chi connectivity index (χ4v) is 3.95. The van der Waals surface area contributed by atoms with Crippen LogP contribution in [-0.4, -0.2) is 32.5 Å². The number of ether oxygens (including phenoxy) is 1. The first-order valence-electron chi connectivity index (χ1n) is 9.27. The maximum atomic E-state index is 12.4. The fourth-order valence-electron chi connectivity index (χ4n) is 2.91. The number of benzene rings is 2. The van der Waals surface area contributed by atoms with Crippen molar-refractivity contribution in [2.24, 2.45) is 0 Å². The standard InChI is InChI=1S/C21H23N3O4S/c1-3-28-17-6-8-18(9-7-17)29(26,27)23-12-10-20(25)24-19-14-15(2)13-16-5-4-11-22-21(16)19/h4-9,11,13-14,23H,3,10,12H2,1-2H3,(H,24,25). The van der Waals surface area contributed by atoms with Crippen LogP contribution < -0.4 is 14.8 Å². The molecule has 2 aromatic carbocycles. The van der Waals surface area contributed by atoms with Gasteiger partial charge in [-0.15, -0.1) is 0 Å². The van der Waals surface area contributed by atoms with Gasteiger partial charge in [0, 0.05) is 24.5 Å². The van der Waals surface area contributed by atoms with E-state index in [0.29, 0.717) is 23.6 Å². The minimum Gasteiger partial charge on any atom is -0.494 e. The fraction of sp³-hybridized carbons (Fsp3) is 0.238. The Labute approximate surface area is 170 Å². The normalized spacial score (nSPS) is 11.4. The topological polar surface area (TPSA) is 97.4 Å². The van der Waals surface area contributed by atoms with Crippen LogP contribution in [-0.2, 0) is 14.8 Å². The number of carbonyl (C=O) groups is 1. The molecule has 3 aromatic rings. The maximum absolute atomic E-state index is 12.4. The Hall–Kier alpha value is -2.97. The smallest absolute Gasteiger partial charge is 0.240 e. The lowest BCUT2D eigenvalue weighted by Gasteiger charge is -2.10. The van der Waals surface area contributed by atoms with Crippen LogP contribution in [0.2, 0.25) is 0 Å². The van der Waals surface area contributed by atoms with Crippen molar-refractivity contribution in [2.75, 3.05) is 18.5 Å². The second-order valence-electron chi connectivity index (χ2n) is 6.49. The number of rotatable bonds is 8. The van der Waals surface area contributed by atoms with Crippen LogP contribution in [0.25, 0.3) is 10.9 Å². The summed E-state index contributed by atoms with van der Waals surface area (Å²) in [6, 6.07) is 13.7. The van der Waals surface area contributed by atoms with Crippen LogP contribution >= 0.6 is 0 Å².